The minimum absolute atomic E-state index is 0.0271. The van der Waals surface area contributed by atoms with Crippen molar-refractivity contribution >= 4 is 28.9 Å². The molecule has 1 atom stereocenters. The molecule has 8 nitrogen and oxygen atoms in total. The number of nitrogens with one attached hydrogen (secondary N) is 1. The lowest BCUT2D eigenvalue weighted by Gasteiger charge is -2.32. The molecule has 2 aromatic carbocycles. The van der Waals surface area contributed by atoms with Crippen molar-refractivity contribution in [1.82, 2.24) is 14.9 Å². The summed E-state index contributed by atoms with van der Waals surface area (Å²) in [6.07, 6.45) is 4.75. The SMILES string of the molecule is C=CC=N/C(Oc1ccc(C(=O)c2nc3ccccc3[nH]2)cc1)=C(\N)[C@@H]1CCCN(C(C)=O)C1. The molecule has 0 radical (unpaired) electrons. The Morgan fingerprint density at radius 3 is 2.71 bits per heavy atom. The fourth-order valence-electron chi connectivity index (χ4n) is 3.95. The summed E-state index contributed by atoms with van der Waals surface area (Å²) in [5.41, 5.74) is 8.94. The van der Waals surface area contributed by atoms with Gasteiger partial charge in [0, 0.05) is 37.7 Å². The van der Waals surface area contributed by atoms with Crippen molar-refractivity contribution in [2.24, 2.45) is 16.6 Å². The molecule has 1 aromatic heterocycles. The van der Waals surface area contributed by atoms with Crippen LogP contribution in [0.25, 0.3) is 11.0 Å². The van der Waals surface area contributed by atoms with Crippen molar-refractivity contribution < 1.29 is 14.3 Å². The molecule has 1 aliphatic rings. The molecular weight excluding hydrogens is 430 g/mol. The first-order valence-corrected chi connectivity index (χ1v) is 11.1. The van der Waals surface area contributed by atoms with E-state index in [4.69, 9.17) is 10.5 Å². The van der Waals surface area contributed by atoms with E-state index in [2.05, 4.69) is 21.5 Å². The second-order valence-electron chi connectivity index (χ2n) is 8.14. The third kappa shape index (κ3) is 5.06. The van der Waals surface area contributed by atoms with Crippen LogP contribution in [0.4, 0.5) is 0 Å². The van der Waals surface area contributed by atoms with Crippen molar-refractivity contribution in [2.75, 3.05) is 13.1 Å². The molecule has 8 heteroatoms. The number of H-pyrrole nitrogens is 1. The van der Waals surface area contributed by atoms with Gasteiger partial charge in [-0.25, -0.2) is 9.98 Å². The fourth-order valence-corrected chi connectivity index (χ4v) is 3.95. The summed E-state index contributed by atoms with van der Waals surface area (Å²) >= 11 is 0. The highest BCUT2D eigenvalue weighted by molar-refractivity contribution is 6.08. The maximum atomic E-state index is 12.9. The normalized spacial score (nSPS) is 17.0. The van der Waals surface area contributed by atoms with Gasteiger partial charge >= 0.3 is 0 Å². The number of rotatable bonds is 7. The number of carbonyl (C=O) groups is 2. The summed E-state index contributed by atoms with van der Waals surface area (Å²) in [7, 11) is 0. The van der Waals surface area contributed by atoms with E-state index >= 15 is 0 Å². The third-order valence-electron chi connectivity index (χ3n) is 5.79. The smallest absolute Gasteiger partial charge is 0.238 e. The van der Waals surface area contributed by atoms with E-state index in [0.717, 1.165) is 30.4 Å². The number of hydrogen-bond acceptors (Lipinski definition) is 6. The average Bonchev–Trinajstić information content (AvgIpc) is 3.30. The second-order valence-corrected chi connectivity index (χ2v) is 8.14. The Bertz CT molecular complexity index is 1240. The summed E-state index contributed by atoms with van der Waals surface area (Å²) in [5.74, 6) is 0.783. The monoisotopic (exact) mass is 457 g/mol. The van der Waals surface area contributed by atoms with Crippen LogP contribution in [0.5, 0.6) is 5.75 Å². The van der Waals surface area contributed by atoms with Crippen LogP contribution in [-0.2, 0) is 4.79 Å². The van der Waals surface area contributed by atoms with E-state index in [1.165, 1.54) is 12.3 Å². The number of para-hydroxylation sites is 2. The number of ether oxygens (including phenoxy) is 1. The van der Waals surface area contributed by atoms with E-state index in [1.807, 2.05) is 24.3 Å². The summed E-state index contributed by atoms with van der Waals surface area (Å²) in [4.78, 5) is 38.2. The predicted molar refractivity (Wildman–Crippen MR) is 131 cm³/mol. The highest BCUT2D eigenvalue weighted by Crippen LogP contribution is 2.26. The van der Waals surface area contributed by atoms with E-state index in [-0.39, 0.29) is 29.3 Å². The standard InChI is InChI=1S/C26H27N5O3/c1-3-14-28-26(23(27)19-7-6-15-31(16-19)17(2)32)34-20-12-10-18(11-13-20)24(33)25-29-21-8-4-5-9-22(21)30-25/h3-5,8-14,19H,1,6-7,15-16,27H2,2H3,(H,29,30)/b26-23+,28-14?/t19-/m1/s1. The number of fused-ring (bicyclic) bond motifs is 1. The van der Waals surface area contributed by atoms with Gasteiger partial charge in [-0.1, -0.05) is 24.8 Å². The Morgan fingerprint density at radius 2 is 2.00 bits per heavy atom. The Balaban J connectivity index is 1.53. The summed E-state index contributed by atoms with van der Waals surface area (Å²) in [5, 5.41) is 0. The zero-order valence-corrected chi connectivity index (χ0v) is 19.0. The van der Waals surface area contributed by atoms with Crippen LogP contribution >= 0.6 is 0 Å². The van der Waals surface area contributed by atoms with E-state index in [1.54, 1.807) is 36.1 Å². The average molecular weight is 458 g/mol. The molecule has 0 aliphatic carbocycles. The molecule has 1 fully saturated rings. The van der Waals surface area contributed by atoms with Gasteiger partial charge in [0.2, 0.25) is 17.6 Å². The van der Waals surface area contributed by atoms with Crippen molar-refractivity contribution in [2.45, 2.75) is 19.8 Å². The summed E-state index contributed by atoms with van der Waals surface area (Å²) in [6, 6.07) is 14.2. The van der Waals surface area contributed by atoms with Crippen LogP contribution in [0.3, 0.4) is 0 Å². The van der Waals surface area contributed by atoms with Gasteiger partial charge in [-0.15, -0.1) is 0 Å². The van der Waals surface area contributed by atoms with Gasteiger partial charge < -0.3 is 20.4 Å². The molecule has 2 heterocycles. The fraction of sp³-hybridized carbons (Fsp3) is 0.231. The van der Waals surface area contributed by atoms with Crippen LogP contribution in [0.1, 0.15) is 35.9 Å². The molecule has 4 rings (SSSR count). The van der Waals surface area contributed by atoms with Crippen LogP contribution in [0, 0.1) is 5.92 Å². The minimum Gasteiger partial charge on any atom is -0.437 e. The number of hydrogen-bond donors (Lipinski definition) is 2. The first-order valence-electron chi connectivity index (χ1n) is 11.1. The number of benzene rings is 2. The third-order valence-corrected chi connectivity index (χ3v) is 5.79. The molecule has 1 aliphatic heterocycles. The summed E-state index contributed by atoms with van der Waals surface area (Å²) < 4.78 is 5.99. The lowest BCUT2D eigenvalue weighted by Crippen LogP contribution is -2.40. The number of ketones is 1. The molecule has 1 amide bonds. The molecule has 0 unspecified atom stereocenters. The Morgan fingerprint density at radius 1 is 1.24 bits per heavy atom. The largest absolute Gasteiger partial charge is 0.437 e. The van der Waals surface area contributed by atoms with Crippen molar-refractivity contribution in [3.05, 3.63) is 84.2 Å². The first kappa shape index (κ1) is 23.0. The number of piperidine rings is 1. The number of nitrogens with zero attached hydrogens (tertiary/aromatic N) is 3. The molecule has 174 valence electrons. The number of carbonyl (C=O) groups excluding carboxylic acids is 2. The molecule has 0 spiro atoms. The van der Waals surface area contributed by atoms with Crippen molar-refractivity contribution in [3.8, 4) is 5.75 Å². The van der Waals surface area contributed by atoms with Gasteiger partial charge in [0.05, 0.1) is 16.7 Å². The topological polar surface area (TPSA) is 114 Å². The lowest BCUT2D eigenvalue weighted by molar-refractivity contribution is -0.130. The number of likely N-dealkylation sites (tertiary alicyclic amines) is 1. The summed E-state index contributed by atoms with van der Waals surface area (Å²) in [6.45, 7) is 6.47. The molecule has 1 saturated heterocycles. The molecule has 0 saturated carbocycles. The van der Waals surface area contributed by atoms with Gasteiger partial charge in [0.15, 0.2) is 5.82 Å². The number of imidazole rings is 1. The van der Waals surface area contributed by atoms with Crippen LogP contribution < -0.4 is 10.5 Å². The number of aromatic amines is 1. The number of allylic oxidation sites excluding steroid dienone is 1. The Hall–Kier alpha value is -4.20. The molecule has 3 N–H and O–H groups in total. The van der Waals surface area contributed by atoms with Crippen LogP contribution in [0.2, 0.25) is 0 Å². The van der Waals surface area contributed by atoms with E-state index in [0.29, 0.717) is 23.6 Å². The number of aromatic nitrogens is 2. The highest BCUT2D eigenvalue weighted by Gasteiger charge is 2.26. The van der Waals surface area contributed by atoms with Gasteiger partial charge in [-0.2, -0.15) is 0 Å². The second kappa shape index (κ2) is 10.2. The molecule has 0 bridgehead atoms. The van der Waals surface area contributed by atoms with Crippen LogP contribution in [-0.4, -0.2) is 45.9 Å². The first-order chi connectivity index (χ1) is 16.5. The van der Waals surface area contributed by atoms with Gasteiger partial charge in [0.1, 0.15) is 5.75 Å². The van der Waals surface area contributed by atoms with Gasteiger partial charge in [0.25, 0.3) is 0 Å². The van der Waals surface area contributed by atoms with Gasteiger partial charge in [-0.05, 0) is 49.2 Å². The highest BCUT2D eigenvalue weighted by atomic mass is 16.5. The predicted octanol–water partition coefficient (Wildman–Crippen LogP) is 3.82. The van der Waals surface area contributed by atoms with E-state index < -0.39 is 0 Å². The maximum absolute atomic E-state index is 12.9. The quantitative estimate of drug-likeness (QED) is 0.318. The van der Waals surface area contributed by atoms with Crippen LogP contribution in [0.15, 0.2) is 77.8 Å². The number of aliphatic imine (C=N–C) groups is 1. The Kier molecular flexibility index (Phi) is 6.87. The molecule has 34 heavy (non-hydrogen) atoms. The number of amides is 1. The number of nitrogens with two attached hydrogens (primary N) is 1. The zero-order valence-electron chi connectivity index (χ0n) is 19.0. The molecule has 3 aromatic rings. The van der Waals surface area contributed by atoms with Crippen molar-refractivity contribution in [3.63, 3.8) is 0 Å². The zero-order chi connectivity index (χ0) is 24.1. The maximum Gasteiger partial charge on any atom is 0.238 e. The van der Waals surface area contributed by atoms with Crippen molar-refractivity contribution in [1.29, 1.82) is 0 Å². The minimum atomic E-state index is -0.214. The lowest BCUT2D eigenvalue weighted by atomic mass is 9.95. The van der Waals surface area contributed by atoms with Gasteiger partial charge in [-0.3, -0.25) is 9.59 Å². The molecular formula is C26H27N5O3. The Labute approximate surface area is 197 Å². The van der Waals surface area contributed by atoms with E-state index in [9.17, 15) is 9.59 Å².